The van der Waals surface area contributed by atoms with Crippen molar-refractivity contribution in [3.05, 3.63) is 42.2 Å². The number of rotatable bonds is 5. The van der Waals surface area contributed by atoms with Crippen LogP contribution < -0.4 is 10.2 Å². The zero-order valence-electron chi connectivity index (χ0n) is 11.5. The van der Waals surface area contributed by atoms with Gasteiger partial charge in [0.2, 0.25) is 0 Å². The van der Waals surface area contributed by atoms with Gasteiger partial charge in [-0.05, 0) is 18.6 Å². The monoisotopic (exact) mass is 288 g/mol. The van der Waals surface area contributed by atoms with Crippen LogP contribution in [0.5, 0.6) is 0 Å². The first-order chi connectivity index (χ1) is 10.1. The lowest BCUT2D eigenvalue weighted by atomic mass is 10.2. The summed E-state index contributed by atoms with van der Waals surface area (Å²) in [6.07, 6.45) is 2.89. The first-order valence-electron chi connectivity index (χ1n) is 6.42. The number of para-hydroxylation sites is 1. The van der Waals surface area contributed by atoms with E-state index in [2.05, 4.69) is 15.5 Å². The highest BCUT2D eigenvalue weighted by atomic mass is 16.4. The Kier molecular flexibility index (Phi) is 4.55. The summed E-state index contributed by atoms with van der Waals surface area (Å²) in [6, 6.07) is 6.93. The molecule has 0 saturated heterocycles. The number of nitrogens with one attached hydrogen (secondary N) is 2. The predicted molar refractivity (Wildman–Crippen MR) is 78.4 cm³/mol. The van der Waals surface area contributed by atoms with Gasteiger partial charge >= 0.3 is 12.0 Å². The van der Waals surface area contributed by atoms with E-state index in [9.17, 15) is 9.59 Å². The molecule has 0 atom stereocenters. The number of anilines is 2. The van der Waals surface area contributed by atoms with Gasteiger partial charge in [-0.1, -0.05) is 18.2 Å². The first-order valence-corrected chi connectivity index (χ1v) is 6.42. The number of benzene rings is 1. The van der Waals surface area contributed by atoms with Crippen molar-refractivity contribution in [2.24, 2.45) is 0 Å². The zero-order valence-corrected chi connectivity index (χ0v) is 11.5. The highest BCUT2D eigenvalue weighted by Crippen LogP contribution is 2.20. The van der Waals surface area contributed by atoms with E-state index in [4.69, 9.17) is 5.11 Å². The summed E-state index contributed by atoms with van der Waals surface area (Å²) >= 11 is 0. The Balaban J connectivity index is 2.21. The Labute approximate surface area is 121 Å². The van der Waals surface area contributed by atoms with Gasteiger partial charge in [-0.25, -0.2) is 4.79 Å². The van der Waals surface area contributed by atoms with E-state index >= 15 is 0 Å². The lowest BCUT2D eigenvalue weighted by Crippen LogP contribution is -2.37. The summed E-state index contributed by atoms with van der Waals surface area (Å²) in [4.78, 5) is 24.6. The smallest absolute Gasteiger partial charge is 0.326 e. The number of hydrogen-bond acceptors (Lipinski definition) is 3. The Bertz CT molecular complexity index is 625. The van der Waals surface area contributed by atoms with Crippen LogP contribution in [0.4, 0.5) is 16.2 Å². The number of carboxylic acids is 1. The van der Waals surface area contributed by atoms with Crippen LogP contribution in [-0.4, -0.2) is 33.8 Å². The van der Waals surface area contributed by atoms with Gasteiger partial charge < -0.3 is 10.4 Å². The van der Waals surface area contributed by atoms with Crippen molar-refractivity contribution in [2.75, 3.05) is 16.8 Å². The van der Waals surface area contributed by atoms with E-state index in [-0.39, 0.29) is 13.0 Å². The molecule has 1 aromatic carbocycles. The second kappa shape index (κ2) is 6.56. The molecule has 0 fully saturated rings. The number of hydrogen-bond donors (Lipinski definition) is 3. The number of aryl methyl sites for hydroxylation is 1. The average molecular weight is 288 g/mol. The fourth-order valence-electron chi connectivity index (χ4n) is 1.92. The number of aromatic nitrogens is 2. The number of carboxylic acid groups (broad SMARTS) is 1. The predicted octanol–water partition coefficient (Wildman–Crippen LogP) is 2.23. The lowest BCUT2D eigenvalue weighted by Gasteiger charge is -2.23. The van der Waals surface area contributed by atoms with Crippen molar-refractivity contribution >= 4 is 23.4 Å². The molecule has 0 aliphatic rings. The largest absolute Gasteiger partial charge is 0.481 e. The molecule has 2 amide bonds. The van der Waals surface area contributed by atoms with E-state index in [0.717, 1.165) is 5.56 Å². The molecule has 3 N–H and O–H groups in total. The quantitative estimate of drug-likeness (QED) is 0.785. The molecule has 0 unspecified atom stereocenters. The number of urea groups is 1. The maximum absolute atomic E-state index is 12.4. The summed E-state index contributed by atoms with van der Waals surface area (Å²) < 4.78 is 0. The summed E-state index contributed by atoms with van der Waals surface area (Å²) in [5.74, 6) is -0.954. The molecule has 2 aromatic rings. The van der Waals surface area contributed by atoms with Crippen LogP contribution in [0.1, 0.15) is 12.0 Å². The van der Waals surface area contributed by atoms with Gasteiger partial charge in [0.1, 0.15) is 0 Å². The first kappa shape index (κ1) is 14.6. The van der Waals surface area contributed by atoms with Crippen molar-refractivity contribution in [2.45, 2.75) is 13.3 Å². The SMILES string of the molecule is Cc1ccccc1N(CCC(=O)O)C(=O)Nc1cn[nH]c1. The van der Waals surface area contributed by atoms with Crippen LogP contribution in [-0.2, 0) is 4.79 Å². The number of carbonyl (C=O) groups is 2. The summed E-state index contributed by atoms with van der Waals surface area (Å²) in [7, 11) is 0. The fraction of sp³-hybridized carbons (Fsp3) is 0.214. The molecule has 0 radical (unpaired) electrons. The number of aromatic amines is 1. The molecule has 7 nitrogen and oxygen atoms in total. The normalized spacial score (nSPS) is 10.1. The maximum atomic E-state index is 12.4. The van der Waals surface area contributed by atoms with Gasteiger partial charge in [0.25, 0.3) is 0 Å². The van der Waals surface area contributed by atoms with Crippen LogP contribution in [0.3, 0.4) is 0 Å². The van der Waals surface area contributed by atoms with Crippen molar-refractivity contribution in [1.29, 1.82) is 0 Å². The van der Waals surface area contributed by atoms with Gasteiger partial charge in [0.05, 0.1) is 18.3 Å². The van der Waals surface area contributed by atoms with E-state index in [1.165, 1.54) is 11.1 Å². The standard InChI is InChI=1S/C14H16N4O3/c1-10-4-2-3-5-12(10)18(7-6-13(19)20)14(21)17-11-8-15-16-9-11/h2-5,8-9H,6-7H2,1H3,(H,15,16)(H,17,21)(H,19,20). The third-order valence-corrected chi connectivity index (χ3v) is 2.95. The molecular weight excluding hydrogens is 272 g/mol. The van der Waals surface area contributed by atoms with Crippen LogP contribution in [0.25, 0.3) is 0 Å². The van der Waals surface area contributed by atoms with Crippen molar-refractivity contribution in [1.82, 2.24) is 10.2 Å². The maximum Gasteiger partial charge on any atom is 0.326 e. The van der Waals surface area contributed by atoms with Gasteiger partial charge in [0.15, 0.2) is 0 Å². The van der Waals surface area contributed by atoms with Gasteiger partial charge in [0, 0.05) is 18.4 Å². The number of carbonyl (C=O) groups excluding carboxylic acids is 1. The summed E-state index contributed by atoms with van der Waals surface area (Å²) in [5, 5.41) is 17.9. The van der Waals surface area contributed by atoms with Gasteiger partial charge in [-0.15, -0.1) is 0 Å². The highest BCUT2D eigenvalue weighted by Gasteiger charge is 2.18. The zero-order chi connectivity index (χ0) is 15.2. The molecule has 0 spiro atoms. The van der Waals surface area contributed by atoms with Crippen LogP contribution in [0.15, 0.2) is 36.7 Å². The van der Waals surface area contributed by atoms with Crippen LogP contribution >= 0.6 is 0 Å². The van der Waals surface area contributed by atoms with E-state index in [1.807, 2.05) is 19.1 Å². The van der Waals surface area contributed by atoms with E-state index in [1.54, 1.807) is 18.3 Å². The molecule has 7 heteroatoms. The van der Waals surface area contributed by atoms with Crippen LogP contribution in [0, 0.1) is 6.92 Å². The molecule has 110 valence electrons. The lowest BCUT2D eigenvalue weighted by molar-refractivity contribution is -0.136. The van der Waals surface area contributed by atoms with Crippen LogP contribution in [0.2, 0.25) is 0 Å². The number of amides is 2. The minimum atomic E-state index is -0.954. The summed E-state index contributed by atoms with van der Waals surface area (Å²) in [6.45, 7) is 1.96. The van der Waals surface area contributed by atoms with E-state index in [0.29, 0.717) is 11.4 Å². The van der Waals surface area contributed by atoms with Crippen molar-refractivity contribution < 1.29 is 14.7 Å². The molecule has 2 rings (SSSR count). The topological polar surface area (TPSA) is 98.3 Å². The third kappa shape index (κ3) is 3.82. The number of nitrogens with zero attached hydrogens (tertiary/aromatic N) is 2. The van der Waals surface area contributed by atoms with Gasteiger partial charge in [-0.2, -0.15) is 5.10 Å². The second-order valence-corrected chi connectivity index (χ2v) is 4.50. The van der Waals surface area contributed by atoms with Gasteiger partial charge in [-0.3, -0.25) is 14.8 Å². The Morgan fingerprint density at radius 1 is 1.38 bits per heavy atom. The van der Waals surface area contributed by atoms with E-state index < -0.39 is 12.0 Å². The Morgan fingerprint density at radius 3 is 2.76 bits per heavy atom. The number of H-pyrrole nitrogens is 1. The molecule has 1 aromatic heterocycles. The number of aliphatic carboxylic acids is 1. The molecule has 21 heavy (non-hydrogen) atoms. The highest BCUT2D eigenvalue weighted by molar-refractivity contribution is 6.02. The Hall–Kier alpha value is -2.83. The third-order valence-electron chi connectivity index (χ3n) is 2.95. The summed E-state index contributed by atoms with van der Waals surface area (Å²) in [5.41, 5.74) is 2.10. The Morgan fingerprint density at radius 2 is 2.14 bits per heavy atom. The molecule has 0 bridgehead atoms. The van der Waals surface area contributed by atoms with Crippen molar-refractivity contribution in [3.8, 4) is 0 Å². The average Bonchev–Trinajstić information content (AvgIpc) is 2.93. The minimum absolute atomic E-state index is 0.0872. The molecule has 0 aliphatic heterocycles. The molecule has 0 saturated carbocycles. The molecule has 0 aliphatic carbocycles. The van der Waals surface area contributed by atoms with Crippen molar-refractivity contribution in [3.63, 3.8) is 0 Å². The molecular formula is C14H16N4O3. The minimum Gasteiger partial charge on any atom is -0.481 e. The molecule has 1 heterocycles. The second-order valence-electron chi connectivity index (χ2n) is 4.50. The fourth-order valence-corrected chi connectivity index (χ4v) is 1.92.